The first-order valence-electron chi connectivity index (χ1n) is 12.6. The van der Waals surface area contributed by atoms with Crippen LogP contribution in [0.25, 0.3) is 0 Å². The van der Waals surface area contributed by atoms with Crippen LogP contribution >= 0.6 is 0 Å². The fraction of sp³-hybridized carbons (Fsp3) is 0.156. The molecule has 0 aliphatic carbocycles. The largest absolute Gasteiger partial charge is 0.493 e. The number of aliphatic carboxylic acids is 1. The van der Waals surface area contributed by atoms with E-state index in [1.54, 1.807) is 72.8 Å². The molecule has 0 amide bonds. The van der Waals surface area contributed by atoms with E-state index in [1.165, 1.54) is 7.11 Å². The number of methoxy groups -OCH3 is 1. The summed E-state index contributed by atoms with van der Waals surface area (Å²) in [6.07, 6.45) is 0. The van der Waals surface area contributed by atoms with Gasteiger partial charge in [0.25, 0.3) is 0 Å². The second-order valence-corrected chi connectivity index (χ2v) is 8.98. The summed E-state index contributed by atoms with van der Waals surface area (Å²) in [7, 11) is 1.53. The normalized spacial score (nSPS) is 12.0. The number of nitrogens with zero attached hydrogens (tertiary/aromatic N) is 1. The molecule has 0 radical (unpaired) electrons. The van der Waals surface area contributed by atoms with Gasteiger partial charge in [0.15, 0.2) is 17.3 Å². The van der Waals surface area contributed by atoms with E-state index < -0.39 is 18.1 Å². The lowest BCUT2D eigenvalue weighted by atomic mass is 10.00. The van der Waals surface area contributed by atoms with E-state index in [0.29, 0.717) is 40.5 Å². The smallest absolute Gasteiger partial charge is 0.325 e. The van der Waals surface area contributed by atoms with Crippen molar-refractivity contribution in [1.82, 2.24) is 5.32 Å². The van der Waals surface area contributed by atoms with E-state index in [1.807, 2.05) is 30.3 Å². The van der Waals surface area contributed by atoms with Gasteiger partial charge in [-0.3, -0.25) is 14.9 Å². The van der Waals surface area contributed by atoms with Crippen LogP contribution in [-0.2, 0) is 16.2 Å². The van der Waals surface area contributed by atoms with Crippen molar-refractivity contribution in [3.8, 4) is 17.6 Å². The van der Waals surface area contributed by atoms with E-state index in [-0.39, 0.29) is 12.3 Å². The second kappa shape index (κ2) is 13.6. The molecular weight excluding hydrogens is 506 g/mol. The number of anilines is 1. The minimum atomic E-state index is -1.09. The maximum absolute atomic E-state index is 13.6. The van der Waals surface area contributed by atoms with Crippen LogP contribution in [0.1, 0.15) is 34.3 Å². The summed E-state index contributed by atoms with van der Waals surface area (Å²) in [4.78, 5) is 25.5. The summed E-state index contributed by atoms with van der Waals surface area (Å²) in [5, 5.41) is 25.0. The van der Waals surface area contributed by atoms with Crippen molar-refractivity contribution in [3.63, 3.8) is 0 Å². The van der Waals surface area contributed by atoms with Gasteiger partial charge < -0.3 is 19.9 Å². The third-order valence-electron chi connectivity index (χ3n) is 6.27. The topological polar surface area (TPSA) is 121 Å². The van der Waals surface area contributed by atoms with Gasteiger partial charge in [0, 0.05) is 5.69 Å². The third kappa shape index (κ3) is 7.25. The number of rotatable bonds is 13. The van der Waals surface area contributed by atoms with Crippen LogP contribution in [-0.4, -0.2) is 30.5 Å². The lowest BCUT2D eigenvalue weighted by Crippen LogP contribution is -2.36. The van der Waals surface area contributed by atoms with Crippen molar-refractivity contribution < 1.29 is 24.2 Å². The van der Waals surface area contributed by atoms with E-state index in [2.05, 4.69) is 16.7 Å². The van der Waals surface area contributed by atoms with E-state index in [4.69, 9.17) is 14.7 Å². The van der Waals surface area contributed by atoms with Gasteiger partial charge in [-0.1, -0.05) is 66.7 Å². The zero-order chi connectivity index (χ0) is 28.3. The van der Waals surface area contributed by atoms with Crippen LogP contribution in [0.3, 0.4) is 0 Å². The van der Waals surface area contributed by atoms with E-state index >= 15 is 0 Å². The first kappa shape index (κ1) is 27.9. The van der Waals surface area contributed by atoms with Crippen LogP contribution in [0.15, 0.2) is 103 Å². The van der Waals surface area contributed by atoms with Gasteiger partial charge in [-0.25, -0.2) is 0 Å². The minimum absolute atomic E-state index is 0.214. The third-order valence-corrected chi connectivity index (χ3v) is 6.27. The molecule has 0 aromatic heterocycles. The number of nitrogens with one attached hydrogen (secondary N) is 2. The summed E-state index contributed by atoms with van der Waals surface area (Å²) < 4.78 is 11.5. The van der Waals surface area contributed by atoms with Gasteiger partial charge in [-0.15, -0.1) is 0 Å². The highest BCUT2D eigenvalue weighted by Crippen LogP contribution is 2.32. The zero-order valence-electron chi connectivity index (χ0n) is 21.9. The molecule has 0 bridgehead atoms. The Morgan fingerprint density at radius 2 is 1.52 bits per heavy atom. The Hall–Kier alpha value is -5.13. The maximum Gasteiger partial charge on any atom is 0.325 e. The summed E-state index contributed by atoms with van der Waals surface area (Å²) in [5.41, 5.74) is 3.26. The number of Topliss-reactive ketones (excluding diaryl/α,β-unsaturated/α-hetero) is 1. The number of nitriles is 1. The number of carboxylic acid groups (broad SMARTS) is 1. The zero-order valence-corrected chi connectivity index (χ0v) is 21.9. The van der Waals surface area contributed by atoms with Gasteiger partial charge in [0.05, 0.1) is 25.3 Å². The Labute approximate surface area is 232 Å². The Morgan fingerprint density at radius 1 is 0.850 bits per heavy atom. The Balaban J connectivity index is 1.58. The molecule has 0 aliphatic heterocycles. The molecule has 1 unspecified atom stereocenters. The Morgan fingerprint density at radius 3 is 2.15 bits per heavy atom. The predicted molar refractivity (Wildman–Crippen MR) is 151 cm³/mol. The SMILES string of the molecule is COc1cc([C@H](Nc2ccc(C#N)cc2)C(=O)CNC(C(=O)O)c2ccccc2)ccc1OCc1ccccc1. The molecule has 2 atom stereocenters. The van der Waals surface area contributed by atoms with Gasteiger partial charge in [0.2, 0.25) is 0 Å². The summed E-state index contributed by atoms with van der Waals surface area (Å²) in [6.45, 7) is 0.136. The number of benzene rings is 4. The number of carboxylic acids is 1. The first-order chi connectivity index (χ1) is 19.5. The van der Waals surface area contributed by atoms with Crippen molar-refractivity contribution in [1.29, 1.82) is 5.26 Å². The van der Waals surface area contributed by atoms with E-state index in [9.17, 15) is 14.7 Å². The molecule has 0 spiro atoms. The molecule has 4 aromatic rings. The molecule has 4 aromatic carbocycles. The Bertz CT molecular complexity index is 1470. The second-order valence-electron chi connectivity index (χ2n) is 8.98. The molecular formula is C32H29N3O5. The lowest BCUT2D eigenvalue weighted by molar-refractivity contribution is -0.139. The molecule has 0 heterocycles. The molecule has 4 rings (SSSR count). The molecule has 202 valence electrons. The molecule has 0 fully saturated rings. The van der Waals surface area contributed by atoms with Crippen molar-refractivity contribution in [3.05, 3.63) is 125 Å². The van der Waals surface area contributed by atoms with Crippen molar-refractivity contribution in [2.75, 3.05) is 19.0 Å². The van der Waals surface area contributed by atoms with Crippen LogP contribution in [0, 0.1) is 11.3 Å². The summed E-state index contributed by atoms with van der Waals surface area (Å²) in [5.74, 6) is -0.398. The minimum Gasteiger partial charge on any atom is -0.493 e. The van der Waals surface area contributed by atoms with Crippen molar-refractivity contribution >= 4 is 17.4 Å². The van der Waals surface area contributed by atoms with Crippen LogP contribution in [0.4, 0.5) is 5.69 Å². The quantitative estimate of drug-likeness (QED) is 0.211. The number of hydrogen-bond acceptors (Lipinski definition) is 7. The Kier molecular flexibility index (Phi) is 9.48. The number of ether oxygens (including phenoxy) is 2. The molecule has 0 saturated carbocycles. The highest BCUT2D eigenvalue weighted by Gasteiger charge is 2.26. The molecule has 0 saturated heterocycles. The number of hydrogen-bond donors (Lipinski definition) is 3. The fourth-order valence-corrected chi connectivity index (χ4v) is 4.17. The maximum atomic E-state index is 13.6. The summed E-state index contributed by atoms with van der Waals surface area (Å²) >= 11 is 0. The van der Waals surface area contributed by atoms with Crippen LogP contribution in [0.5, 0.6) is 11.5 Å². The average Bonchev–Trinajstić information content (AvgIpc) is 3.00. The fourth-order valence-electron chi connectivity index (χ4n) is 4.17. The summed E-state index contributed by atoms with van der Waals surface area (Å²) in [6, 6.07) is 30.6. The van der Waals surface area contributed by atoms with Gasteiger partial charge in [-0.2, -0.15) is 5.26 Å². The number of ketones is 1. The van der Waals surface area contributed by atoms with Crippen molar-refractivity contribution in [2.45, 2.75) is 18.7 Å². The van der Waals surface area contributed by atoms with Gasteiger partial charge in [-0.05, 0) is 53.1 Å². The molecule has 0 aliphatic rings. The standard InChI is InChI=1S/C32H29N3O5/c1-39-29-18-25(14-17-28(29)40-21-23-8-4-2-5-9-23)30(35-26-15-12-22(19-33)13-16-26)27(36)20-34-31(32(37)38)24-10-6-3-7-11-24/h2-18,30-31,34-35H,20-21H2,1H3,(H,37,38)/t30-,31?/m0/s1. The number of carbonyl (C=O) groups excluding carboxylic acids is 1. The highest BCUT2D eigenvalue weighted by atomic mass is 16.5. The number of carbonyl (C=O) groups is 2. The highest BCUT2D eigenvalue weighted by molar-refractivity contribution is 5.90. The average molecular weight is 536 g/mol. The molecule has 8 nitrogen and oxygen atoms in total. The van der Waals surface area contributed by atoms with E-state index in [0.717, 1.165) is 5.56 Å². The van der Waals surface area contributed by atoms with Crippen LogP contribution < -0.4 is 20.1 Å². The molecule has 3 N–H and O–H groups in total. The van der Waals surface area contributed by atoms with Crippen molar-refractivity contribution in [2.24, 2.45) is 0 Å². The van der Waals surface area contributed by atoms with Gasteiger partial charge in [0.1, 0.15) is 18.7 Å². The monoisotopic (exact) mass is 535 g/mol. The first-order valence-corrected chi connectivity index (χ1v) is 12.6. The predicted octanol–water partition coefficient (Wildman–Crippen LogP) is 5.28. The van der Waals surface area contributed by atoms with Gasteiger partial charge >= 0.3 is 5.97 Å². The van der Waals surface area contributed by atoms with Crippen LogP contribution in [0.2, 0.25) is 0 Å². The lowest BCUT2D eigenvalue weighted by Gasteiger charge is -2.22. The molecule has 40 heavy (non-hydrogen) atoms. The molecule has 8 heteroatoms.